The molecule has 1 saturated heterocycles. The number of aromatic nitrogens is 2. The molecule has 0 saturated carbocycles. The molecule has 0 unspecified atom stereocenters. The van der Waals surface area contributed by atoms with Crippen LogP contribution in [0.25, 0.3) is 16.5 Å². The summed E-state index contributed by atoms with van der Waals surface area (Å²) in [5.74, 6) is 0.226. The molecule has 1 aliphatic heterocycles. The van der Waals surface area contributed by atoms with Gasteiger partial charge >= 0.3 is 0 Å². The highest BCUT2D eigenvalue weighted by Gasteiger charge is 2.42. The lowest BCUT2D eigenvalue weighted by atomic mass is 9.96. The predicted molar refractivity (Wildman–Crippen MR) is 149 cm³/mol. The second-order valence-electron chi connectivity index (χ2n) is 9.17. The van der Waals surface area contributed by atoms with Crippen molar-refractivity contribution < 1.29 is 5.11 Å². The molecular formula is C30H26N4OS. The fourth-order valence-corrected chi connectivity index (χ4v) is 5.77. The summed E-state index contributed by atoms with van der Waals surface area (Å²) in [6.45, 7) is 4.33. The maximum Gasteiger partial charge on any atom is 0.174 e. The van der Waals surface area contributed by atoms with Gasteiger partial charge in [-0.25, -0.2) is 0 Å². The minimum absolute atomic E-state index is 0.119. The smallest absolute Gasteiger partial charge is 0.174 e. The molecule has 2 N–H and O–H groups in total. The van der Waals surface area contributed by atoms with Gasteiger partial charge in [0, 0.05) is 28.7 Å². The molecule has 6 rings (SSSR count). The first-order valence-corrected chi connectivity index (χ1v) is 12.4. The van der Waals surface area contributed by atoms with E-state index in [0.717, 1.165) is 28.5 Å². The first-order valence-electron chi connectivity index (χ1n) is 12.0. The third-order valence-electron chi connectivity index (χ3n) is 7.02. The molecular weight excluding hydrogens is 464 g/mol. The summed E-state index contributed by atoms with van der Waals surface area (Å²) in [4.78, 5) is 6.82. The van der Waals surface area contributed by atoms with E-state index < -0.39 is 0 Å². The third kappa shape index (κ3) is 3.62. The topological polar surface area (TPSA) is 53.3 Å². The molecule has 178 valence electrons. The first kappa shape index (κ1) is 22.3. The maximum atomic E-state index is 9.89. The van der Waals surface area contributed by atoms with Crippen molar-refractivity contribution in [3.8, 4) is 11.4 Å². The Kier molecular flexibility index (Phi) is 5.46. The molecule has 5 aromatic rings. The van der Waals surface area contributed by atoms with Crippen molar-refractivity contribution in [2.24, 2.45) is 0 Å². The number of hydrogen-bond donors (Lipinski definition) is 2. The summed E-state index contributed by atoms with van der Waals surface area (Å²) >= 11 is 5.87. The number of aryl methyl sites for hydroxylation is 1. The Bertz CT molecular complexity index is 1570. The number of benzene rings is 3. The molecule has 0 radical (unpaired) electrons. The average Bonchev–Trinajstić information content (AvgIpc) is 3.39. The molecule has 1 fully saturated rings. The second kappa shape index (κ2) is 8.81. The molecule has 0 spiro atoms. The Morgan fingerprint density at radius 1 is 0.889 bits per heavy atom. The standard InChI is InChI=1S/C30H26N4OS/c1-19-18-25(20(2)33(19)27-12-7-9-21-8-3-4-10-24(21)27)29-28(26-11-5-6-17-31-26)32-30(36)34(29)22-13-15-23(35)16-14-22/h3-18,28-29,35H,1-2H3,(H,32,36)/t28-,29-/m0/s1. The molecule has 6 heteroatoms. The number of hydrogen-bond acceptors (Lipinski definition) is 3. The molecule has 36 heavy (non-hydrogen) atoms. The van der Waals surface area contributed by atoms with E-state index in [1.165, 1.54) is 16.3 Å². The molecule has 0 amide bonds. The van der Waals surface area contributed by atoms with Crippen molar-refractivity contribution in [1.29, 1.82) is 0 Å². The number of nitrogens with zero attached hydrogens (tertiary/aromatic N) is 3. The molecule has 3 heterocycles. The van der Waals surface area contributed by atoms with Gasteiger partial charge in [0.2, 0.25) is 0 Å². The van der Waals surface area contributed by atoms with Gasteiger partial charge in [-0.3, -0.25) is 4.98 Å². The molecule has 0 bridgehead atoms. The highest BCUT2D eigenvalue weighted by molar-refractivity contribution is 7.80. The number of fused-ring (bicyclic) bond motifs is 1. The zero-order valence-corrected chi connectivity index (χ0v) is 20.9. The lowest BCUT2D eigenvalue weighted by Crippen LogP contribution is -2.29. The van der Waals surface area contributed by atoms with Crippen LogP contribution in [0.2, 0.25) is 0 Å². The van der Waals surface area contributed by atoms with Crippen LogP contribution in [0.3, 0.4) is 0 Å². The van der Waals surface area contributed by atoms with E-state index in [4.69, 9.17) is 12.2 Å². The number of pyridine rings is 1. The van der Waals surface area contributed by atoms with Crippen molar-refractivity contribution in [1.82, 2.24) is 14.9 Å². The summed E-state index contributed by atoms with van der Waals surface area (Å²) in [5.41, 5.74) is 6.50. The lowest BCUT2D eigenvalue weighted by molar-refractivity contribution is 0.475. The normalized spacial score (nSPS) is 17.5. The van der Waals surface area contributed by atoms with Crippen LogP contribution in [0.1, 0.15) is 34.7 Å². The molecule has 2 aromatic heterocycles. The predicted octanol–water partition coefficient (Wildman–Crippen LogP) is 6.53. The summed E-state index contributed by atoms with van der Waals surface area (Å²) in [7, 11) is 0. The van der Waals surface area contributed by atoms with E-state index in [1.807, 2.05) is 36.5 Å². The number of rotatable bonds is 4. The van der Waals surface area contributed by atoms with E-state index >= 15 is 0 Å². The zero-order valence-electron chi connectivity index (χ0n) is 20.1. The van der Waals surface area contributed by atoms with Gasteiger partial charge in [-0.15, -0.1) is 0 Å². The molecule has 3 aromatic carbocycles. The van der Waals surface area contributed by atoms with E-state index in [0.29, 0.717) is 5.11 Å². The van der Waals surface area contributed by atoms with Gasteiger partial charge in [0.25, 0.3) is 0 Å². The Morgan fingerprint density at radius 3 is 2.42 bits per heavy atom. The van der Waals surface area contributed by atoms with Crippen molar-refractivity contribution in [3.05, 3.63) is 120 Å². The molecule has 2 atom stereocenters. The lowest BCUT2D eigenvalue weighted by Gasteiger charge is -2.28. The Labute approximate surface area is 215 Å². The van der Waals surface area contributed by atoms with E-state index in [9.17, 15) is 5.11 Å². The minimum atomic E-state index is -0.131. The van der Waals surface area contributed by atoms with Crippen molar-refractivity contribution in [3.63, 3.8) is 0 Å². The van der Waals surface area contributed by atoms with E-state index in [1.54, 1.807) is 12.1 Å². The highest BCUT2D eigenvalue weighted by atomic mass is 32.1. The molecule has 0 aliphatic carbocycles. The average molecular weight is 491 g/mol. The van der Waals surface area contributed by atoms with Crippen LogP contribution in [0, 0.1) is 13.8 Å². The fourth-order valence-electron chi connectivity index (χ4n) is 5.42. The van der Waals surface area contributed by atoms with Crippen LogP contribution in [-0.4, -0.2) is 19.8 Å². The third-order valence-corrected chi connectivity index (χ3v) is 7.34. The largest absolute Gasteiger partial charge is 0.508 e. The first-order chi connectivity index (χ1) is 17.5. The van der Waals surface area contributed by atoms with Gasteiger partial charge in [0.05, 0.1) is 23.5 Å². The van der Waals surface area contributed by atoms with Crippen molar-refractivity contribution in [2.45, 2.75) is 25.9 Å². The molecule has 1 aliphatic rings. The van der Waals surface area contributed by atoms with Gasteiger partial charge < -0.3 is 19.9 Å². The van der Waals surface area contributed by atoms with Crippen LogP contribution >= 0.6 is 12.2 Å². The van der Waals surface area contributed by atoms with Crippen LogP contribution in [0.5, 0.6) is 5.75 Å². The maximum absolute atomic E-state index is 9.89. The van der Waals surface area contributed by atoms with Gasteiger partial charge in [-0.05, 0) is 85.5 Å². The van der Waals surface area contributed by atoms with Crippen molar-refractivity contribution >= 4 is 33.8 Å². The Hall–Kier alpha value is -4.16. The summed E-state index contributed by atoms with van der Waals surface area (Å²) in [6, 6.07) is 30.1. The van der Waals surface area contributed by atoms with Crippen molar-refractivity contribution in [2.75, 3.05) is 4.90 Å². The quantitative estimate of drug-likeness (QED) is 0.281. The van der Waals surface area contributed by atoms with Crippen LogP contribution in [0.15, 0.2) is 97.2 Å². The number of aromatic hydroxyl groups is 1. The number of anilines is 1. The van der Waals surface area contributed by atoms with Crippen LogP contribution in [-0.2, 0) is 0 Å². The van der Waals surface area contributed by atoms with E-state index in [-0.39, 0.29) is 17.8 Å². The Balaban J connectivity index is 1.55. The minimum Gasteiger partial charge on any atom is -0.508 e. The molecule has 5 nitrogen and oxygen atoms in total. The van der Waals surface area contributed by atoms with Gasteiger partial charge in [0.1, 0.15) is 5.75 Å². The summed E-state index contributed by atoms with van der Waals surface area (Å²) in [6.07, 6.45) is 1.82. The fraction of sp³-hybridized carbons (Fsp3) is 0.133. The second-order valence-corrected chi connectivity index (χ2v) is 9.56. The van der Waals surface area contributed by atoms with Gasteiger partial charge in [-0.2, -0.15) is 0 Å². The van der Waals surface area contributed by atoms with E-state index in [2.05, 4.69) is 82.1 Å². The number of phenolic OH excluding ortho intramolecular Hbond substituents is 1. The van der Waals surface area contributed by atoms with Gasteiger partial charge in [0.15, 0.2) is 5.11 Å². The summed E-state index contributed by atoms with van der Waals surface area (Å²) in [5, 5.41) is 16.5. The number of nitrogens with one attached hydrogen (secondary N) is 1. The Morgan fingerprint density at radius 2 is 1.64 bits per heavy atom. The van der Waals surface area contributed by atoms with Crippen LogP contribution in [0.4, 0.5) is 5.69 Å². The SMILES string of the molecule is Cc1cc([C@H]2[C@H](c3ccccn3)NC(=S)N2c2ccc(O)cc2)c(C)n1-c1cccc2ccccc12. The van der Waals surface area contributed by atoms with Gasteiger partial charge in [-0.1, -0.05) is 42.5 Å². The number of phenols is 1. The monoisotopic (exact) mass is 490 g/mol. The summed E-state index contributed by atoms with van der Waals surface area (Å²) < 4.78 is 2.34. The van der Waals surface area contributed by atoms with Crippen LogP contribution < -0.4 is 10.2 Å². The highest BCUT2D eigenvalue weighted by Crippen LogP contribution is 2.44. The zero-order chi connectivity index (χ0) is 24.8. The number of thiocarbonyl (C=S) groups is 1.